The summed E-state index contributed by atoms with van der Waals surface area (Å²) >= 11 is 0. The first kappa shape index (κ1) is 12.3. The number of rotatable bonds is 4. The highest BCUT2D eigenvalue weighted by Crippen LogP contribution is 2.36. The predicted octanol–water partition coefficient (Wildman–Crippen LogP) is 2.33. The summed E-state index contributed by atoms with van der Waals surface area (Å²) in [5, 5.41) is 0. The summed E-state index contributed by atoms with van der Waals surface area (Å²) in [4.78, 5) is 0. The van der Waals surface area contributed by atoms with E-state index in [1.165, 1.54) is 5.56 Å². The zero-order valence-electron chi connectivity index (χ0n) is 11.0. The van der Waals surface area contributed by atoms with Crippen LogP contribution in [0.25, 0.3) is 0 Å². The molecule has 2 aromatic rings. The SMILES string of the molecule is CCc1ccc(C(NN)c2cccc3c2OCC3)o1. The molecule has 1 aliphatic rings. The Hall–Kier alpha value is -1.78. The van der Waals surface area contributed by atoms with E-state index in [0.717, 1.165) is 42.3 Å². The molecule has 0 spiro atoms. The predicted molar refractivity (Wildman–Crippen MR) is 72.9 cm³/mol. The van der Waals surface area contributed by atoms with E-state index in [2.05, 4.69) is 18.4 Å². The zero-order valence-corrected chi connectivity index (χ0v) is 11.0. The molecule has 1 aromatic heterocycles. The van der Waals surface area contributed by atoms with Crippen molar-refractivity contribution in [1.29, 1.82) is 0 Å². The van der Waals surface area contributed by atoms with E-state index in [0.29, 0.717) is 0 Å². The fourth-order valence-corrected chi connectivity index (χ4v) is 2.53. The molecule has 3 N–H and O–H groups in total. The molecular formula is C15H18N2O2. The lowest BCUT2D eigenvalue weighted by atomic mass is 10.0. The molecule has 1 aromatic carbocycles. The molecule has 4 heteroatoms. The summed E-state index contributed by atoms with van der Waals surface area (Å²) in [6.45, 7) is 2.80. The summed E-state index contributed by atoms with van der Waals surface area (Å²) < 4.78 is 11.5. The second-order valence-electron chi connectivity index (χ2n) is 4.69. The van der Waals surface area contributed by atoms with Crippen LogP contribution in [-0.2, 0) is 12.8 Å². The lowest BCUT2D eigenvalue weighted by Gasteiger charge is -2.17. The molecule has 1 aliphatic heterocycles. The van der Waals surface area contributed by atoms with Gasteiger partial charge in [0.15, 0.2) is 0 Å². The highest BCUT2D eigenvalue weighted by Gasteiger charge is 2.24. The summed E-state index contributed by atoms with van der Waals surface area (Å²) in [6, 6.07) is 9.95. The minimum Gasteiger partial charge on any atom is -0.493 e. The molecule has 0 amide bonds. The number of nitrogens with one attached hydrogen (secondary N) is 1. The third kappa shape index (κ3) is 2.13. The van der Waals surface area contributed by atoms with Crippen molar-refractivity contribution in [1.82, 2.24) is 5.43 Å². The molecule has 0 radical (unpaired) electrons. The molecule has 1 unspecified atom stereocenters. The number of aryl methyl sites for hydroxylation is 1. The quantitative estimate of drug-likeness (QED) is 0.652. The van der Waals surface area contributed by atoms with Gasteiger partial charge < -0.3 is 9.15 Å². The van der Waals surface area contributed by atoms with E-state index in [-0.39, 0.29) is 6.04 Å². The Morgan fingerprint density at radius 2 is 2.21 bits per heavy atom. The van der Waals surface area contributed by atoms with Gasteiger partial charge in [-0.05, 0) is 17.7 Å². The topological polar surface area (TPSA) is 60.4 Å². The normalized spacial score (nSPS) is 15.1. The summed E-state index contributed by atoms with van der Waals surface area (Å²) in [6.07, 6.45) is 1.83. The van der Waals surface area contributed by atoms with Crippen molar-refractivity contribution in [3.05, 3.63) is 53.0 Å². The standard InChI is InChI=1S/C15H18N2O2/c1-2-11-6-7-13(19-11)14(17-16)12-5-3-4-10-8-9-18-15(10)12/h3-7,14,17H,2,8-9,16H2,1H3. The number of hydrogen-bond donors (Lipinski definition) is 2. The van der Waals surface area contributed by atoms with E-state index < -0.39 is 0 Å². The maximum absolute atomic E-state index is 5.80. The van der Waals surface area contributed by atoms with Crippen LogP contribution in [0.3, 0.4) is 0 Å². The zero-order chi connectivity index (χ0) is 13.2. The number of furan rings is 1. The molecule has 100 valence electrons. The highest BCUT2D eigenvalue weighted by atomic mass is 16.5. The van der Waals surface area contributed by atoms with Crippen molar-refractivity contribution in [2.24, 2.45) is 5.84 Å². The number of hydrazine groups is 1. The largest absolute Gasteiger partial charge is 0.493 e. The third-order valence-corrected chi connectivity index (χ3v) is 3.54. The average molecular weight is 258 g/mol. The second kappa shape index (κ2) is 5.07. The van der Waals surface area contributed by atoms with Gasteiger partial charge in [0, 0.05) is 18.4 Å². The lowest BCUT2D eigenvalue weighted by molar-refractivity contribution is 0.346. The van der Waals surface area contributed by atoms with E-state index >= 15 is 0 Å². The molecule has 1 atom stereocenters. The minimum atomic E-state index is -0.173. The molecule has 0 saturated heterocycles. The number of nitrogens with two attached hydrogens (primary N) is 1. The Morgan fingerprint density at radius 1 is 1.32 bits per heavy atom. The first-order valence-corrected chi connectivity index (χ1v) is 6.62. The summed E-state index contributed by atoms with van der Waals surface area (Å²) in [7, 11) is 0. The van der Waals surface area contributed by atoms with Gasteiger partial charge in [0.1, 0.15) is 23.3 Å². The van der Waals surface area contributed by atoms with Gasteiger partial charge in [0.25, 0.3) is 0 Å². The van der Waals surface area contributed by atoms with Crippen LogP contribution in [-0.4, -0.2) is 6.61 Å². The van der Waals surface area contributed by atoms with Gasteiger partial charge >= 0.3 is 0 Å². The van der Waals surface area contributed by atoms with Crippen LogP contribution < -0.4 is 16.0 Å². The molecule has 3 rings (SSSR count). The monoisotopic (exact) mass is 258 g/mol. The molecular weight excluding hydrogens is 240 g/mol. The van der Waals surface area contributed by atoms with Crippen molar-refractivity contribution in [2.45, 2.75) is 25.8 Å². The van der Waals surface area contributed by atoms with Crippen molar-refractivity contribution in [3.63, 3.8) is 0 Å². The maximum atomic E-state index is 5.80. The van der Waals surface area contributed by atoms with Crippen LogP contribution in [0.2, 0.25) is 0 Å². The summed E-state index contributed by atoms with van der Waals surface area (Å²) in [5.74, 6) is 8.44. The molecule has 0 fully saturated rings. The lowest BCUT2D eigenvalue weighted by Crippen LogP contribution is -2.28. The Labute approximate surface area is 112 Å². The van der Waals surface area contributed by atoms with Crippen LogP contribution in [0.5, 0.6) is 5.75 Å². The van der Waals surface area contributed by atoms with Gasteiger partial charge in [0.05, 0.1) is 6.61 Å². The van der Waals surface area contributed by atoms with E-state index in [1.54, 1.807) is 0 Å². The van der Waals surface area contributed by atoms with Crippen LogP contribution in [0.15, 0.2) is 34.7 Å². The van der Waals surface area contributed by atoms with E-state index in [4.69, 9.17) is 15.0 Å². The Bertz CT molecular complexity index is 577. The number of benzene rings is 1. The molecule has 19 heavy (non-hydrogen) atoms. The number of para-hydroxylation sites is 1. The third-order valence-electron chi connectivity index (χ3n) is 3.54. The molecule has 4 nitrogen and oxygen atoms in total. The van der Waals surface area contributed by atoms with Crippen LogP contribution in [0.1, 0.15) is 35.6 Å². The minimum absolute atomic E-state index is 0.173. The Morgan fingerprint density at radius 3 is 2.95 bits per heavy atom. The molecule has 2 heterocycles. The highest BCUT2D eigenvalue weighted by molar-refractivity contribution is 5.47. The van der Waals surface area contributed by atoms with Gasteiger partial charge in [-0.25, -0.2) is 5.43 Å². The fraction of sp³-hybridized carbons (Fsp3) is 0.333. The van der Waals surface area contributed by atoms with E-state index in [9.17, 15) is 0 Å². The second-order valence-corrected chi connectivity index (χ2v) is 4.69. The van der Waals surface area contributed by atoms with Crippen molar-refractivity contribution >= 4 is 0 Å². The van der Waals surface area contributed by atoms with Gasteiger partial charge in [0.2, 0.25) is 0 Å². The smallest absolute Gasteiger partial charge is 0.127 e. The first-order valence-electron chi connectivity index (χ1n) is 6.62. The fourth-order valence-electron chi connectivity index (χ4n) is 2.53. The van der Waals surface area contributed by atoms with Crippen molar-refractivity contribution < 1.29 is 9.15 Å². The molecule has 0 bridgehead atoms. The average Bonchev–Trinajstić information content (AvgIpc) is 3.08. The Balaban J connectivity index is 2.01. The first-order chi connectivity index (χ1) is 9.33. The number of ether oxygens (including phenoxy) is 1. The van der Waals surface area contributed by atoms with Gasteiger partial charge in [-0.1, -0.05) is 25.1 Å². The van der Waals surface area contributed by atoms with Gasteiger partial charge in [-0.2, -0.15) is 0 Å². The van der Waals surface area contributed by atoms with Crippen molar-refractivity contribution in [3.8, 4) is 5.75 Å². The van der Waals surface area contributed by atoms with Crippen molar-refractivity contribution in [2.75, 3.05) is 6.61 Å². The van der Waals surface area contributed by atoms with E-state index in [1.807, 2.05) is 24.3 Å². The Kier molecular flexibility index (Phi) is 3.27. The number of hydrogen-bond acceptors (Lipinski definition) is 4. The molecule has 0 saturated carbocycles. The summed E-state index contributed by atoms with van der Waals surface area (Å²) in [5.41, 5.74) is 5.10. The van der Waals surface area contributed by atoms with Crippen LogP contribution in [0, 0.1) is 0 Å². The molecule has 0 aliphatic carbocycles. The van der Waals surface area contributed by atoms with Crippen LogP contribution >= 0.6 is 0 Å². The van der Waals surface area contributed by atoms with Gasteiger partial charge in [-0.15, -0.1) is 0 Å². The number of fused-ring (bicyclic) bond motifs is 1. The van der Waals surface area contributed by atoms with Crippen LogP contribution in [0.4, 0.5) is 0 Å². The maximum Gasteiger partial charge on any atom is 0.127 e. The van der Waals surface area contributed by atoms with Gasteiger partial charge in [-0.3, -0.25) is 5.84 Å².